The highest BCUT2D eigenvalue weighted by molar-refractivity contribution is 4.94. The molecule has 1 atom stereocenters. The van der Waals surface area contributed by atoms with E-state index in [4.69, 9.17) is 10.5 Å². The molecule has 1 heterocycles. The highest BCUT2D eigenvalue weighted by atomic mass is 16.5. The molecular formula is C8H17NO2. The molecule has 1 rings (SSSR count). The Morgan fingerprint density at radius 1 is 1.55 bits per heavy atom. The van der Waals surface area contributed by atoms with E-state index in [-0.39, 0.29) is 5.41 Å². The zero-order chi connectivity index (χ0) is 8.48. The van der Waals surface area contributed by atoms with Gasteiger partial charge in [-0.15, -0.1) is 0 Å². The molecule has 0 aliphatic carbocycles. The lowest BCUT2D eigenvalue weighted by Crippen LogP contribution is -2.57. The fraction of sp³-hybridized carbons (Fsp3) is 1.00. The summed E-state index contributed by atoms with van der Waals surface area (Å²) in [5.74, 6) is 0.440. The van der Waals surface area contributed by atoms with Crippen molar-refractivity contribution in [3.05, 3.63) is 0 Å². The molecule has 0 saturated carbocycles. The molecule has 1 fully saturated rings. The first kappa shape index (κ1) is 8.97. The van der Waals surface area contributed by atoms with Gasteiger partial charge in [0.2, 0.25) is 0 Å². The summed E-state index contributed by atoms with van der Waals surface area (Å²) in [6.45, 7) is 5.84. The predicted molar refractivity (Wildman–Crippen MR) is 43.2 cm³/mol. The summed E-state index contributed by atoms with van der Waals surface area (Å²) in [7, 11) is 0. The molecule has 66 valence electrons. The van der Waals surface area contributed by atoms with E-state index in [2.05, 4.69) is 13.8 Å². The standard InChI is InChI=1S/C8H17NO2/c1-6(2)8(4-11-5-8)7(10)3-9/h6-7,10H,3-5,9H2,1-2H3. The van der Waals surface area contributed by atoms with E-state index in [9.17, 15) is 5.11 Å². The summed E-state index contributed by atoms with van der Waals surface area (Å²) in [5, 5.41) is 9.59. The number of aliphatic hydroxyl groups excluding tert-OH is 1. The molecular weight excluding hydrogens is 142 g/mol. The molecule has 3 N–H and O–H groups in total. The largest absolute Gasteiger partial charge is 0.391 e. The van der Waals surface area contributed by atoms with Gasteiger partial charge in [-0.1, -0.05) is 13.8 Å². The Hall–Kier alpha value is -0.120. The average Bonchev–Trinajstić information content (AvgIpc) is 1.84. The number of ether oxygens (including phenoxy) is 1. The predicted octanol–water partition coefficient (Wildman–Crippen LogP) is -0.0214. The van der Waals surface area contributed by atoms with Crippen LogP contribution < -0.4 is 5.73 Å². The maximum atomic E-state index is 9.59. The third kappa shape index (κ3) is 1.28. The number of rotatable bonds is 3. The van der Waals surface area contributed by atoms with E-state index in [1.165, 1.54) is 0 Å². The molecule has 3 heteroatoms. The van der Waals surface area contributed by atoms with Crippen LogP contribution in [-0.4, -0.2) is 31.0 Å². The molecule has 0 bridgehead atoms. The number of hydrogen-bond donors (Lipinski definition) is 2. The van der Waals surface area contributed by atoms with Crippen molar-refractivity contribution in [2.75, 3.05) is 19.8 Å². The minimum atomic E-state index is -0.406. The second-order valence-electron chi connectivity index (χ2n) is 3.63. The molecule has 0 spiro atoms. The van der Waals surface area contributed by atoms with Crippen molar-refractivity contribution in [3.8, 4) is 0 Å². The number of hydrogen-bond acceptors (Lipinski definition) is 3. The van der Waals surface area contributed by atoms with E-state index in [1.807, 2.05) is 0 Å². The first-order valence-corrected chi connectivity index (χ1v) is 4.09. The van der Waals surface area contributed by atoms with Gasteiger partial charge in [-0.25, -0.2) is 0 Å². The minimum absolute atomic E-state index is 0.0608. The maximum Gasteiger partial charge on any atom is 0.0765 e. The quantitative estimate of drug-likeness (QED) is 0.608. The number of aliphatic hydroxyl groups is 1. The SMILES string of the molecule is CC(C)C1(C(O)CN)COC1. The molecule has 11 heavy (non-hydrogen) atoms. The molecule has 1 aliphatic heterocycles. The fourth-order valence-electron chi connectivity index (χ4n) is 1.48. The van der Waals surface area contributed by atoms with Gasteiger partial charge in [0, 0.05) is 12.0 Å². The Balaban J connectivity index is 2.59. The van der Waals surface area contributed by atoms with Crippen LogP contribution in [0.15, 0.2) is 0 Å². The smallest absolute Gasteiger partial charge is 0.0765 e. The minimum Gasteiger partial charge on any atom is -0.391 e. The molecule has 0 radical (unpaired) electrons. The van der Waals surface area contributed by atoms with Crippen molar-refractivity contribution < 1.29 is 9.84 Å². The van der Waals surface area contributed by atoms with E-state index in [0.717, 1.165) is 0 Å². The Labute approximate surface area is 67.5 Å². The Bertz CT molecular complexity index is 132. The van der Waals surface area contributed by atoms with Gasteiger partial charge in [-0.05, 0) is 5.92 Å². The van der Waals surface area contributed by atoms with Crippen LogP contribution in [-0.2, 0) is 4.74 Å². The lowest BCUT2D eigenvalue weighted by atomic mass is 9.71. The summed E-state index contributed by atoms with van der Waals surface area (Å²) in [6.07, 6.45) is -0.406. The lowest BCUT2D eigenvalue weighted by molar-refractivity contribution is -0.192. The summed E-state index contributed by atoms with van der Waals surface area (Å²) >= 11 is 0. The molecule has 0 aromatic heterocycles. The second-order valence-corrected chi connectivity index (χ2v) is 3.63. The molecule has 1 aliphatic rings. The first-order valence-electron chi connectivity index (χ1n) is 4.09. The summed E-state index contributed by atoms with van der Waals surface area (Å²) < 4.78 is 5.11. The van der Waals surface area contributed by atoms with Crippen molar-refractivity contribution >= 4 is 0 Å². The monoisotopic (exact) mass is 159 g/mol. The van der Waals surface area contributed by atoms with Gasteiger partial charge in [-0.3, -0.25) is 0 Å². The topological polar surface area (TPSA) is 55.5 Å². The van der Waals surface area contributed by atoms with Crippen molar-refractivity contribution in [2.24, 2.45) is 17.1 Å². The summed E-state index contributed by atoms with van der Waals surface area (Å²) in [5.41, 5.74) is 5.34. The molecule has 0 amide bonds. The van der Waals surface area contributed by atoms with Crippen LogP contribution in [0.2, 0.25) is 0 Å². The van der Waals surface area contributed by atoms with Gasteiger partial charge in [0.25, 0.3) is 0 Å². The fourth-order valence-corrected chi connectivity index (χ4v) is 1.48. The van der Waals surface area contributed by atoms with E-state index >= 15 is 0 Å². The summed E-state index contributed by atoms with van der Waals surface area (Å²) in [4.78, 5) is 0. The third-order valence-electron chi connectivity index (χ3n) is 2.78. The van der Waals surface area contributed by atoms with Crippen LogP contribution >= 0.6 is 0 Å². The molecule has 1 saturated heterocycles. The second kappa shape index (κ2) is 3.09. The van der Waals surface area contributed by atoms with Gasteiger partial charge in [0.05, 0.1) is 19.3 Å². The Morgan fingerprint density at radius 3 is 2.18 bits per heavy atom. The van der Waals surface area contributed by atoms with Gasteiger partial charge in [0.15, 0.2) is 0 Å². The molecule has 0 aromatic carbocycles. The molecule has 0 aromatic rings. The van der Waals surface area contributed by atoms with E-state index < -0.39 is 6.10 Å². The zero-order valence-corrected chi connectivity index (χ0v) is 7.21. The Morgan fingerprint density at radius 2 is 2.09 bits per heavy atom. The first-order chi connectivity index (χ1) is 5.13. The third-order valence-corrected chi connectivity index (χ3v) is 2.78. The average molecular weight is 159 g/mol. The van der Waals surface area contributed by atoms with Crippen molar-refractivity contribution in [3.63, 3.8) is 0 Å². The van der Waals surface area contributed by atoms with Crippen LogP contribution in [0, 0.1) is 11.3 Å². The lowest BCUT2D eigenvalue weighted by Gasteiger charge is -2.47. The van der Waals surface area contributed by atoms with Crippen molar-refractivity contribution in [1.82, 2.24) is 0 Å². The van der Waals surface area contributed by atoms with Crippen LogP contribution in [0.1, 0.15) is 13.8 Å². The van der Waals surface area contributed by atoms with Gasteiger partial charge in [-0.2, -0.15) is 0 Å². The van der Waals surface area contributed by atoms with Crippen LogP contribution in [0.3, 0.4) is 0 Å². The molecule has 3 nitrogen and oxygen atoms in total. The van der Waals surface area contributed by atoms with E-state index in [0.29, 0.717) is 25.7 Å². The zero-order valence-electron chi connectivity index (χ0n) is 7.21. The van der Waals surface area contributed by atoms with Crippen LogP contribution in [0.25, 0.3) is 0 Å². The normalized spacial score (nSPS) is 24.8. The van der Waals surface area contributed by atoms with E-state index in [1.54, 1.807) is 0 Å². The highest BCUT2D eigenvalue weighted by Gasteiger charge is 2.46. The molecule has 1 unspecified atom stereocenters. The van der Waals surface area contributed by atoms with Crippen molar-refractivity contribution in [2.45, 2.75) is 20.0 Å². The van der Waals surface area contributed by atoms with Crippen LogP contribution in [0.4, 0.5) is 0 Å². The Kier molecular flexibility index (Phi) is 2.52. The van der Waals surface area contributed by atoms with Gasteiger partial charge in [0.1, 0.15) is 0 Å². The summed E-state index contributed by atoms with van der Waals surface area (Å²) in [6, 6.07) is 0. The van der Waals surface area contributed by atoms with Gasteiger partial charge >= 0.3 is 0 Å². The maximum absolute atomic E-state index is 9.59. The van der Waals surface area contributed by atoms with Crippen molar-refractivity contribution in [1.29, 1.82) is 0 Å². The highest BCUT2D eigenvalue weighted by Crippen LogP contribution is 2.38. The van der Waals surface area contributed by atoms with Gasteiger partial charge < -0.3 is 15.6 Å². The van der Waals surface area contributed by atoms with Crippen LogP contribution in [0.5, 0.6) is 0 Å². The number of nitrogens with two attached hydrogens (primary N) is 1.